The van der Waals surface area contributed by atoms with Crippen LogP contribution in [0.25, 0.3) is 11.6 Å². The molecule has 0 bridgehead atoms. The molecule has 1 heterocycles. The lowest BCUT2D eigenvalue weighted by Gasteiger charge is -2.05. The smallest absolute Gasteiger partial charge is 0.256 e. The van der Waals surface area contributed by atoms with E-state index in [0.29, 0.717) is 44.5 Å². The van der Waals surface area contributed by atoms with E-state index >= 15 is 0 Å². The monoisotopic (exact) mass is 591 g/mol. The van der Waals surface area contributed by atoms with Crippen molar-refractivity contribution in [3.8, 4) is 5.75 Å². The van der Waals surface area contributed by atoms with Gasteiger partial charge in [0.05, 0.1) is 13.8 Å². The number of carbonyl (C=O) groups excluding carboxylic acids is 1. The molecule has 3 rings (SSSR count). The van der Waals surface area contributed by atoms with Gasteiger partial charge in [0.2, 0.25) is 0 Å². The number of aliphatic hydroxyl groups excluding tert-OH is 2. The molecule has 10 heteroatoms. The second-order valence-corrected chi connectivity index (χ2v) is 10.5. The van der Waals surface area contributed by atoms with Gasteiger partial charge in [-0.15, -0.1) is 0 Å². The molecule has 1 aliphatic heterocycles. The number of anilines is 1. The fourth-order valence-corrected chi connectivity index (χ4v) is 4.25. The zero-order valence-electron chi connectivity index (χ0n) is 18.0. The molecule has 0 saturated carbocycles. The molecule has 0 radical (unpaired) electrons. The van der Waals surface area contributed by atoms with Crippen LogP contribution in [0.1, 0.15) is 37.8 Å². The number of hydrogen-bond donors (Lipinski definition) is 4. The van der Waals surface area contributed by atoms with Crippen LogP contribution in [-0.2, 0) is 14.6 Å². The molecule has 0 atom stereocenters. The van der Waals surface area contributed by atoms with E-state index in [2.05, 4.69) is 37.2 Å². The van der Waals surface area contributed by atoms with Crippen molar-refractivity contribution < 1.29 is 28.5 Å². The summed E-state index contributed by atoms with van der Waals surface area (Å²) in [5.74, 6) is -0.247. The van der Waals surface area contributed by atoms with Gasteiger partial charge >= 0.3 is 0 Å². The lowest BCUT2D eigenvalue weighted by Crippen LogP contribution is -2.03. The number of hydrogen-bond acceptors (Lipinski definition) is 6. The number of carbonyl (C=O) groups is 1. The van der Waals surface area contributed by atoms with Gasteiger partial charge in [-0.3, -0.25) is 4.79 Å². The van der Waals surface area contributed by atoms with Crippen LogP contribution in [0.15, 0.2) is 44.2 Å². The summed E-state index contributed by atoms with van der Waals surface area (Å²) in [5, 5.41) is 28.2. The highest BCUT2D eigenvalue weighted by atomic mass is 79.9. The Morgan fingerprint density at radius 3 is 1.94 bits per heavy atom. The topological polar surface area (TPSA) is 124 Å². The van der Waals surface area contributed by atoms with Crippen molar-refractivity contribution in [1.29, 1.82) is 0 Å². The second kappa shape index (κ2) is 13.1. The molecule has 0 spiro atoms. The average Bonchev–Trinajstić information content (AvgIpc) is 3.06. The maximum atomic E-state index is 12.2. The van der Waals surface area contributed by atoms with E-state index in [9.17, 15) is 18.3 Å². The molecule has 0 aromatic heterocycles. The zero-order chi connectivity index (χ0) is 24.5. The van der Waals surface area contributed by atoms with Gasteiger partial charge in [0.1, 0.15) is 5.75 Å². The van der Waals surface area contributed by atoms with Gasteiger partial charge < -0.3 is 20.6 Å². The first-order valence-corrected chi connectivity index (χ1v) is 13.2. The molecule has 0 fully saturated rings. The van der Waals surface area contributed by atoms with Gasteiger partial charge in [-0.2, -0.15) is 0 Å². The zero-order valence-corrected chi connectivity index (χ0v) is 22.0. The Hall–Kier alpha value is -1.72. The first kappa shape index (κ1) is 28.3. The minimum Gasteiger partial charge on any atom is -0.506 e. The molecular weight excluding hydrogens is 566 g/mol. The fourth-order valence-electron chi connectivity index (χ4n) is 2.38. The summed E-state index contributed by atoms with van der Waals surface area (Å²) in [6.07, 6.45) is 4.51. The Labute approximate surface area is 205 Å². The summed E-state index contributed by atoms with van der Waals surface area (Å²) in [6.45, 7) is 4.50. The van der Waals surface area contributed by atoms with Crippen molar-refractivity contribution in [3.05, 3.63) is 50.4 Å². The van der Waals surface area contributed by atoms with Gasteiger partial charge in [-0.05, 0) is 86.7 Å². The standard InChI is InChI=1S/C16H11Br2NO4S.2C3H8O/c1-24(22,23)9-2-3-14-10(7-9)11(16(21)19-14)4-8-5-12(17)15(20)13(18)6-8;2*1-2-3-4/h2-7,20H,1H3,(H,19,21);2*4H,2-3H2,1H3/b11-4-;;. The summed E-state index contributed by atoms with van der Waals surface area (Å²) < 4.78 is 24.4. The molecule has 0 unspecified atom stereocenters. The third-order valence-corrected chi connectivity index (χ3v) is 6.32. The summed E-state index contributed by atoms with van der Waals surface area (Å²) in [7, 11) is -3.37. The van der Waals surface area contributed by atoms with E-state index in [-0.39, 0.29) is 16.6 Å². The summed E-state index contributed by atoms with van der Waals surface area (Å²) in [4.78, 5) is 12.4. The van der Waals surface area contributed by atoms with Crippen molar-refractivity contribution in [2.75, 3.05) is 24.8 Å². The number of amides is 1. The van der Waals surface area contributed by atoms with Gasteiger partial charge in [0.15, 0.2) is 9.84 Å². The van der Waals surface area contributed by atoms with E-state index < -0.39 is 9.84 Å². The lowest BCUT2D eigenvalue weighted by atomic mass is 10.0. The maximum Gasteiger partial charge on any atom is 0.256 e. The molecule has 0 aliphatic carbocycles. The number of fused-ring (bicyclic) bond motifs is 1. The molecule has 2 aromatic rings. The van der Waals surface area contributed by atoms with Crippen LogP contribution >= 0.6 is 31.9 Å². The van der Waals surface area contributed by atoms with Crippen molar-refractivity contribution in [1.82, 2.24) is 0 Å². The second-order valence-electron chi connectivity index (χ2n) is 6.77. The number of rotatable bonds is 4. The SMILES string of the molecule is CCCO.CCCO.CS(=O)(=O)c1ccc2c(c1)/C(=C/c1cc(Br)c(O)c(Br)c1)C(=O)N2. The summed E-state index contributed by atoms with van der Waals surface area (Å²) in [6, 6.07) is 7.86. The predicted molar refractivity (Wildman–Crippen MR) is 134 cm³/mol. The Morgan fingerprint density at radius 2 is 1.50 bits per heavy atom. The van der Waals surface area contributed by atoms with Crippen molar-refractivity contribution in [3.63, 3.8) is 0 Å². The van der Waals surface area contributed by atoms with Crippen LogP contribution < -0.4 is 5.32 Å². The van der Waals surface area contributed by atoms with Gasteiger partial charge in [0, 0.05) is 36.3 Å². The minimum absolute atomic E-state index is 0.0628. The summed E-state index contributed by atoms with van der Waals surface area (Å²) >= 11 is 6.48. The van der Waals surface area contributed by atoms with Crippen LogP contribution in [0.3, 0.4) is 0 Å². The predicted octanol–water partition coefficient (Wildman–Crippen LogP) is 4.59. The van der Waals surface area contributed by atoms with Gasteiger partial charge in [0.25, 0.3) is 5.91 Å². The maximum absolute atomic E-state index is 12.2. The number of aromatic hydroxyl groups is 1. The highest BCUT2D eigenvalue weighted by Crippen LogP contribution is 2.37. The Bertz CT molecular complexity index is 1050. The summed E-state index contributed by atoms with van der Waals surface area (Å²) in [5.41, 5.74) is 2.13. The lowest BCUT2D eigenvalue weighted by molar-refractivity contribution is -0.110. The molecule has 2 aromatic carbocycles. The minimum atomic E-state index is -3.37. The van der Waals surface area contributed by atoms with Crippen molar-refractivity contribution in [2.24, 2.45) is 0 Å². The number of nitrogens with one attached hydrogen (secondary N) is 1. The van der Waals surface area contributed by atoms with E-state index in [1.165, 1.54) is 12.1 Å². The molecule has 4 N–H and O–H groups in total. The largest absolute Gasteiger partial charge is 0.506 e. The number of halogens is 2. The van der Waals surface area contributed by atoms with Crippen molar-refractivity contribution in [2.45, 2.75) is 31.6 Å². The number of aliphatic hydroxyl groups is 2. The number of phenolic OH excluding ortho intramolecular Hbond substituents is 1. The highest BCUT2D eigenvalue weighted by molar-refractivity contribution is 9.11. The number of benzene rings is 2. The van der Waals surface area contributed by atoms with Crippen molar-refractivity contribution >= 4 is 64.9 Å². The Morgan fingerprint density at radius 1 is 1.00 bits per heavy atom. The molecule has 1 aliphatic rings. The quantitative estimate of drug-likeness (QED) is 0.385. The van der Waals surface area contributed by atoms with Crippen LogP contribution in [0, 0.1) is 0 Å². The number of sulfone groups is 1. The van der Waals surface area contributed by atoms with Gasteiger partial charge in [-0.25, -0.2) is 8.42 Å². The first-order chi connectivity index (χ1) is 15.0. The molecule has 1 amide bonds. The Balaban J connectivity index is 0.000000554. The number of phenols is 1. The molecule has 32 heavy (non-hydrogen) atoms. The van der Waals surface area contributed by atoms with E-state index in [4.69, 9.17) is 10.2 Å². The van der Waals surface area contributed by atoms with Crippen LogP contribution in [0.4, 0.5) is 5.69 Å². The fraction of sp³-hybridized carbons (Fsp3) is 0.318. The average molecular weight is 593 g/mol. The third-order valence-electron chi connectivity index (χ3n) is 4.00. The third kappa shape index (κ3) is 8.00. The molecular formula is C22H27Br2NO6S. The first-order valence-electron chi connectivity index (χ1n) is 9.77. The normalized spacial score (nSPS) is 13.5. The van der Waals surface area contributed by atoms with E-state index in [1.807, 2.05) is 13.8 Å². The van der Waals surface area contributed by atoms with E-state index in [1.54, 1.807) is 24.3 Å². The molecule has 7 nitrogen and oxygen atoms in total. The van der Waals surface area contributed by atoms with Gasteiger partial charge in [-0.1, -0.05) is 13.8 Å². The molecule has 0 saturated heterocycles. The Kier molecular flexibility index (Phi) is 11.6. The van der Waals surface area contributed by atoms with Crippen LogP contribution in [0.5, 0.6) is 5.75 Å². The van der Waals surface area contributed by atoms with E-state index in [0.717, 1.165) is 19.1 Å². The van der Waals surface area contributed by atoms with Crippen LogP contribution in [0.2, 0.25) is 0 Å². The van der Waals surface area contributed by atoms with Crippen LogP contribution in [-0.4, -0.2) is 49.1 Å². The molecule has 176 valence electrons. The highest BCUT2D eigenvalue weighted by Gasteiger charge is 2.25.